The highest BCUT2D eigenvalue weighted by Crippen LogP contribution is 2.34. The zero-order valence-corrected chi connectivity index (χ0v) is 16.0. The van der Waals surface area contributed by atoms with Crippen LogP contribution < -0.4 is 5.32 Å². The lowest BCUT2D eigenvalue weighted by Crippen LogP contribution is -2.38. The molecule has 1 atom stereocenters. The van der Waals surface area contributed by atoms with Gasteiger partial charge in [-0.05, 0) is 43.6 Å². The minimum absolute atomic E-state index is 0.0588. The Balaban J connectivity index is 1.50. The molecule has 1 saturated heterocycles. The summed E-state index contributed by atoms with van der Waals surface area (Å²) in [4.78, 5) is 16.2. The summed E-state index contributed by atoms with van der Waals surface area (Å²) < 4.78 is 11.4. The van der Waals surface area contributed by atoms with Crippen LogP contribution in [0.3, 0.4) is 0 Å². The average molecular weight is 385 g/mol. The average Bonchev–Trinajstić information content (AvgIpc) is 3.43. The first-order valence-corrected chi connectivity index (χ1v) is 10.4. The molecule has 0 unspecified atom stereocenters. The molecule has 142 valence electrons. The predicted molar refractivity (Wildman–Crippen MR) is 107 cm³/mol. The highest BCUT2D eigenvalue weighted by molar-refractivity contribution is 8.08. The Morgan fingerprint density at radius 1 is 1.15 bits per heavy atom. The second-order valence-corrected chi connectivity index (χ2v) is 7.81. The van der Waals surface area contributed by atoms with E-state index in [9.17, 15) is 4.79 Å². The van der Waals surface area contributed by atoms with Crippen molar-refractivity contribution in [3.05, 3.63) is 65.8 Å². The normalized spacial score (nSPS) is 19.0. The summed E-state index contributed by atoms with van der Waals surface area (Å²) >= 11 is 1.67. The molecule has 1 amide bonds. The van der Waals surface area contributed by atoms with Crippen molar-refractivity contribution in [3.8, 4) is 0 Å². The first-order chi connectivity index (χ1) is 13.3. The highest BCUT2D eigenvalue weighted by atomic mass is 32.2. The van der Waals surface area contributed by atoms with Gasteiger partial charge >= 0.3 is 0 Å². The van der Waals surface area contributed by atoms with E-state index in [1.54, 1.807) is 18.0 Å². The second-order valence-electron chi connectivity index (χ2n) is 6.71. The number of hydrogen-bond acceptors (Lipinski definition) is 5. The van der Waals surface area contributed by atoms with Crippen molar-refractivity contribution < 1.29 is 13.9 Å². The van der Waals surface area contributed by atoms with Gasteiger partial charge in [0.2, 0.25) is 0 Å². The van der Waals surface area contributed by atoms with E-state index in [0.717, 1.165) is 35.1 Å². The molecule has 3 heterocycles. The Bertz CT molecular complexity index is 783. The quantitative estimate of drug-likeness (QED) is 0.824. The van der Waals surface area contributed by atoms with Crippen LogP contribution in [0.1, 0.15) is 30.2 Å². The molecule has 27 heavy (non-hydrogen) atoms. The predicted octanol–water partition coefficient (Wildman–Crippen LogP) is 3.66. The minimum Gasteiger partial charge on any atom is -0.486 e. The molecular formula is C21H24N2O3S. The number of carbonyl (C=O) groups excluding carboxylic acids is 1. The summed E-state index contributed by atoms with van der Waals surface area (Å²) in [7, 11) is 0. The molecule has 0 aliphatic carbocycles. The molecule has 6 heteroatoms. The van der Waals surface area contributed by atoms with E-state index in [-0.39, 0.29) is 11.9 Å². The van der Waals surface area contributed by atoms with Gasteiger partial charge in [0, 0.05) is 12.3 Å². The minimum atomic E-state index is -0.156. The lowest BCUT2D eigenvalue weighted by molar-refractivity contribution is -0.121. The summed E-state index contributed by atoms with van der Waals surface area (Å²) in [6.07, 6.45) is 4.07. The summed E-state index contributed by atoms with van der Waals surface area (Å²) in [5.41, 5.74) is 1.02. The van der Waals surface area contributed by atoms with Gasteiger partial charge < -0.3 is 14.5 Å². The maximum absolute atomic E-state index is 12.9. The molecule has 1 fully saturated rings. The summed E-state index contributed by atoms with van der Waals surface area (Å²) in [5, 5.41) is 3.08. The van der Waals surface area contributed by atoms with E-state index in [4.69, 9.17) is 9.15 Å². The van der Waals surface area contributed by atoms with Crippen molar-refractivity contribution in [2.45, 2.75) is 18.9 Å². The lowest BCUT2D eigenvalue weighted by Gasteiger charge is -2.27. The van der Waals surface area contributed by atoms with Gasteiger partial charge in [-0.3, -0.25) is 9.69 Å². The highest BCUT2D eigenvalue weighted by Gasteiger charge is 2.28. The third-order valence-corrected chi connectivity index (χ3v) is 6.01. The topological polar surface area (TPSA) is 54.7 Å². The lowest BCUT2D eigenvalue weighted by atomic mass is 10.1. The van der Waals surface area contributed by atoms with Gasteiger partial charge in [-0.2, -0.15) is 0 Å². The maximum atomic E-state index is 12.9. The van der Waals surface area contributed by atoms with Crippen LogP contribution in [0, 0.1) is 0 Å². The molecule has 0 radical (unpaired) electrons. The van der Waals surface area contributed by atoms with Crippen LogP contribution in [0.5, 0.6) is 0 Å². The fourth-order valence-corrected chi connectivity index (χ4v) is 4.56. The molecular weight excluding hydrogens is 360 g/mol. The van der Waals surface area contributed by atoms with Crippen molar-refractivity contribution in [3.63, 3.8) is 0 Å². The Labute approximate surface area is 163 Å². The number of ether oxygens (including phenoxy) is 1. The standard InChI is InChI=1S/C21H24N2O3S/c24-21(19-20(27-14-13-26-19)16-7-2-1-3-8-16)22-15-17(18-9-6-12-25-18)23-10-4-5-11-23/h1-3,6-9,12,17H,4-5,10-11,13-15H2,(H,22,24)/t17-/m0/s1. The third-order valence-electron chi connectivity index (χ3n) is 4.93. The van der Waals surface area contributed by atoms with E-state index in [2.05, 4.69) is 10.2 Å². The second kappa shape index (κ2) is 8.67. The van der Waals surface area contributed by atoms with Gasteiger partial charge in [0.05, 0.1) is 23.8 Å². The number of hydrogen-bond donors (Lipinski definition) is 1. The smallest absolute Gasteiger partial charge is 0.287 e. The zero-order valence-electron chi connectivity index (χ0n) is 15.2. The van der Waals surface area contributed by atoms with Crippen LogP contribution >= 0.6 is 11.8 Å². The molecule has 0 bridgehead atoms. The van der Waals surface area contributed by atoms with Gasteiger partial charge in [-0.15, -0.1) is 11.8 Å². The van der Waals surface area contributed by atoms with Crippen LogP contribution in [0.25, 0.3) is 4.91 Å². The number of amides is 1. The van der Waals surface area contributed by atoms with Crippen molar-refractivity contribution in [1.29, 1.82) is 0 Å². The van der Waals surface area contributed by atoms with E-state index in [1.165, 1.54) is 12.8 Å². The largest absolute Gasteiger partial charge is 0.486 e. The molecule has 4 rings (SSSR count). The molecule has 1 aromatic heterocycles. The number of nitrogens with one attached hydrogen (secondary N) is 1. The molecule has 2 aliphatic rings. The van der Waals surface area contributed by atoms with Gasteiger partial charge in [0.1, 0.15) is 5.76 Å². The zero-order chi connectivity index (χ0) is 18.5. The summed E-state index contributed by atoms with van der Waals surface area (Å²) in [5.74, 6) is 2.02. The van der Waals surface area contributed by atoms with E-state index >= 15 is 0 Å². The SMILES string of the molecule is O=C(NC[C@@H](c1ccco1)N1CCCC1)C1=C(c2ccccc2)SCCO1. The molecule has 1 aromatic carbocycles. The number of benzene rings is 1. The Morgan fingerprint density at radius 2 is 1.96 bits per heavy atom. The Hall–Kier alpha value is -2.18. The Kier molecular flexibility index (Phi) is 5.84. The number of likely N-dealkylation sites (tertiary alicyclic amines) is 1. The van der Waals surface area contributed by atoms with Gasteiger partial charge in [0.25, 0.3) is 5.91 Å². The first-order valence-electron chi connectivity index (χ1n) is 9.44. The van der Waals surface area contributed by atoms with Gasteiger partial charge in [-0.1, -0.05) is 30.3 Å². The number of rotatable bonds is 6. The van der Waals surface area contributed by atoms with Crippen molar-refractivity contribution >= 4 is 22.6 Å². The van der Waals surface area contributed by atoms with Gasteiger partial charge in [0.15, 0.2) is 5.76 Å². The fourth-order valence-electron chi connectivity index (χ4n) is 3.60. The van der Waals surface area contributed by atoms with E-state index < -0.39 is 0 Å². The molecule has 0 spiro atoms. The molecule has 2 aromatic rings. The third kappa shape index (κ3) is 4.22. The van der Waals surface area contributed by atoms with E-state index in [0.29, 0.717) is 18.9 Å². The summed E-state index contributed by atoms with van der Waals surface area (Å²) in [6.45, 7) is 3.13. The van der Waals surface area contributed by atoms with Crippen molar-refractivity contribution in [2.75, 3.05) is 32.0 Å². The molecule has 0 saturated carbocycles. The Morgan fingerprint density at radius 3 is 2.70 bits per heavy atom. The number of thioether (sulfide) groups is 1. The van der Waals surface area contributed by atoms with Crippen LogP contribution in [0.4, 0.5) is 0 Å². The van der Waals surface area contributed by atoms with Crippen molar-refractivity contribution in [1.82, 2.24) is 10.2 Å². The first kappa shape index (κ1) is 18.2. The fraction of sp³-hybridized carbons (Fsp3) is 0.381. The monoisotopic (exact) mass is 384 g/mol. The number of furan rings is 1. The molecule has 1 N–H and O–H groups in total. The van der Waals surface area contributed by atoms with Gasteiger partial charge in [-0.25, -0.2) is 0 Å². The van der Waals surface area contributed by atoms with Crippen LogP contribution in [-0.2, 0) is 9.53 Å². The van der Waals surface area contributed by atoms with Crippen LogP contribution in [-0.4, -0.2) is 42.8 Å². The molecule has 2 aliphatic heterocycles. The summed E-state index contributed by atoms with van der Waals surface area (Å²) in [6, 6.07) is 13.9. The van der Waals surface area contributed by atoms with E-state index in [1.807, 2.05) is 42.5 Å². The number of nitrogens with zero attached hydrogens (tertiary/aromatic N) is 1. The van der Waals surface area contributed by atoms with Crippen LogP contribution in [0.2, 0.25) is 0 Å². The van der Waals surface area contributed by atoms with Crippen LogP contribution in [0.15, 0.2) is 58.9 Å². The number of carbonyl (C=O) groups is 1. The van der Waals surface area contributed by atoms with Crippen molar-refractivity contribution in [2.24, 2.45) is 0 Å². The maximum Gasteiger partial charge on any atom is 0.287 e. The molecule has 5 nitrogen and oxygen atoms in total.